The molecule has 0 bridgehead atoms. The summed E-state index contributed by atoms with van der Waals surface area (Å²) in [5, 5.41) is 0. The van der Waals surface area contributed by atoms with Crippen molar-refractivity contribution in [2.24, 2.45) is 0 Å². The van der Waals surface area contributed by atoms with Crippen LogP contribution in [0.4, 0.5) is 5.95 Å². The first kappa shape index (κ1) is 20.4. The van der Waals surface area contributed by atoms with E-state index in [9.17, 15) is 4.79 Å². The number of aryl methyl sites for hydroxylation is 2. The summed E-state index contributed by atoms with van der Waals surface area (Å²) in [4.78, 5) is 32.5. The second kappa shape index (κ2) is 9.33. The Morgan fingerprint density at radius 3 is 2.65 bits per heavy atom. The number of anilines is 1. The summed E-state index contributed by atoms with van der Waals surface area (Å²) in [6.07, 6.45) is 13.6. The number of pyridine rings is 1. The van der Waals surface area contributed by atoms with Crippen molar-refractivity contribution in [1.29, 1.82) is 0 Å². The first-order chi connectivity index (χ1) is 15.3. The van der Waals surface area contributed by atoms with Crippen molar-refractivity contribution in [2.45, 2.75) is 76.7 Å². The number of amides is 1. The van der Waals surface area contributed by atoms with E-state index in [1.165, 1.54) is 19.3 Å². The fraction of sp³-hybridized carbons (Fsp3) is 0.600. The van der Waals surface area contributed by atoms with Gasteiger partial charge >= 0.3 is 0 Å². The number of fused-ring (bicyclic) bond motifs is 1. The Morgan fingerprint density at radius 2 is 1.81 bits per heavy atom. The zero-order valence-corrected chi connectivity index (χ0v) is 18.4. The van der Waals surface area contributed by atoms with Crippen LogP contribution in [0.3, 0.4) is 0 Å². The monoisotopic (exact) mass is 419 g/mol. The van der Waals surface area contributed by atoms with Crippen molar-refractivity contribution in [3.8, 4) is 0 Å². The van der Waals surface area contributed by atoms with Crippen molar-refractivity contribution in [3.05, 3.63) is 47.0 Å². The highest BCUT2D eigenvalue weighted by molar-refractivity contribution is 5.94. The van der Waals surface area contributed by atoms with Crippen molar-refractivity contribution in [2.75, 3.05) is 24.5 Å². The van der Waals surface area contributed by atoms with E-state index in [1.807, 2.05) is 18.3 Å². The lowest BCUT2D eigenvalue weighted by Gasteiger charge is -2.36. The Balaban J connectivity index is 1.41. The molecule has 4 heterocycles. The van der Waals surface area contributed by atoms with Crippen LogP contribution in [0.5, 0.6) is 0 Å². The fourth-order valence-corrected chi connectivity index (χ4v) is 5.38. The van der Waals surface area contributed by atoms with Crippen LogP contribution in [-0.2, 0) is 19.3 Å². The van der Waals surface area contributed by atoms with Crippen LogP contribution in [0.15, 0.2) is 24.4 Å². The molecule has 2 aliphatic heterocycles. The molecule has 1 amide bonds. The number of nitrogens with zero attached hydrogens (tertiary/aromatic N) is 5. The van der Waals surface area contributed by atoms with E-state index in [4.69, 9.17) is 9.97 Å². The molecular weight excluding hydrogens is 386 g/mol. The summed E-state index contributed by atoms with van der Waals surface area (Å²) in [7, 11) is 0. The van der Waals surface area contributed by atoms with E-state index in [-0.39, 0.29) is 11.9 Å². The van der Waals surface area contributed by atoms with Gasteiger partial charge in [-0.1, -0.05) is 6.07 Å². The number of likely N-dealkylation sites (tertiary alicyclic amines) is 1. The lowest BCUT2D eigenvalue weighted by atomic mass is 9.92. The van der Waals surface area contributed by atoms with Crippen LogP contribution < -0.4 is 4.90 Å². The topological polar surface area (TPSA) is 62.2 Å². The Labute approximate surface area is 185 Å². The van der Waals surface area contributed by atoms with E-state index in [2.05, 4.69) is 20.9 Å². The van der Waals surface area contributed by atoms with E-state index in [0.717, 1.165) is 93.9 Å². The van der Waals surface area contributed by atoms with Crippen molar-refractivity contribution < 1.29 is 4.79 Å². The van der Waals surface area contributed by atoms with Crippen molar-refractivity contribution in [3.63, 3.8) is 0 Å². The lowest BCUT2D eigenvalue weighted by Crippen LogP contribution is -2.45. The van der Waals surface area contributed by atoms with Gasteiger partial charge < -0.3 is 9.80 Å². The minimum atomic E-state index is 0.131. The molecule has 1 aliphatic carbocycles. The average Bonchev–Trinajstić information content (AvgIpc) is 3.38. The molecule has 31 heavy (non-hydrogen) atoms. The Morgan fingerprint density at radius 1 is 0.968 bits per heavy atom. The predicted octanol–water partition coefficient (Wildman–Crippen LogP) is 3.98. The quantitative estimate of drug-likeness (QED) is 0.734. The Bertz CT molecular complexity index is 910. The highest BCUT2D eigenvalue weighted by Gasteiger charge is 2.32. The van der Waals surface area contributed by atoms with Crippen molar-refractivity contribution in [1.82, 2.24) is 19.9 Å². The molecule has 0 saturated carbocycles. The number of hydrogen-bond donors (Lipinski definition) is 0. The van der Waals surface area contributed by atoms with E-state index in [0.29, 0.717) is 5.69 Å². The van der Waals surface area contributed by atoms with Crippen LogP contribution in [0.25, 0.3) is 0 Å². The highest BCUT2D eigenvalue weighted by Crippen LogP contribution is 2.29. The molecule has 6 heteroatoms. The van der Waals surface area contributed by atoms with Crippen LogP contribution >= 0.6 is 0 Å². The number of hydrogen-bond acceptors (Lipinski definition) is 5. The SMILES string of the molecule is O=C(c1nc(N2CCCC2)nc2c1CCCC2)N1CCCC[C@@H]1CCc1ccccn1. The first-order valence-electron chi connectivity index (χ1n) is 12.2. The van der Waals surface area contributed by atoms with Crippen LogP contribution in [0, 0.1) is 0 Å². The Hall–Kier alpha value is -2.50. The van der Waals surface area contributed by atoms with Gasteiger partial charge in [-0.25, -0.2) is 9.97 Å². The van der Waals surface area contributed by atoms with Gasteiger partial charge in [0.05, 0.1) is 0 Å². The normalized spacial score (nSPS) is 21.2. The third-order valence-electron chi connectivity index (χ3n) is 7.11. The van der Waals surface area contributed by atoms with Gasteiger partial charge in [-0.15, -0.1) is 0 Å². The van der Waals surface area contributed by atoms with Crippen LogP contribution in [0.2, 0.25) is 0 Å². The number of carbonyl (C=O) groups is 1. The molecule has 0 N–H and O–H groups in total. The smallest absolute Gasteiger partial charge is 0.273 e. The van der Waals surface area contributed by atoms with Gasteiger partial charge in [0.1, 0.15) is 5.69 Å². The summed E-state index contributed by atoms with van der Waals surface area (Å²) >= 11 is 0. The van der Waals surface area contributed by atoms with Gasteiger partial charge in [-0.05, 0) is 82.8 Å². The first-order valence-corrected chi connectivity index (χ1v) is 12.2. The second-order valence-electron chi connectivity index (χ2n) is 9.21. The molecule has 2 fully saturated rings. The predicted molar refractivity (Wildman–Crippen MR) is 121 cm³/mol. The van der Waals surface area contributed by atoms with Crippen LogP contribution in [0.1, 0.15) is 78.8 Å². The maximum atomic E-state index is 13.9. The molecule has 3 aliphatic rings. The lowest BCUT2D eigenvalue weighted by molar-refractivity contribution is 0.0593. The van der Waals surface area contributed by atoms with Crippen molar-refractivity contribution >= 4 is 11.9 Å². The summed E-state index contributed by atoms with van der Waals surface area (Å²) < 4.78 is 0. The van der Waals surface area contributed by atoms with E-state index >= 15 is 0 Å². The molecule has 0 radical (unpaired) electrons. The maximum Gasteiger partial charge on any atom is 0.273 e. The molecule has 0 spiro atoms. The number of carbonyl (C=O) groups excluding carboxylic acids is 1. The second-order valence-corrected chi connectivity index (χ2v) is 9.21. The molecule has 1 atom stereocenters. The fourth-order valence-electron chi connectivity index (χ4n) is 5.38. The van der Waals surface area contributed by atoms with Crippen LogP contribution in [-0.4, -0.2) is 51.4 Å². The number of aromatic nitrogens is 3. The highest BCUT2D eigenvalue weighted by atomic mass is 16.2. The number of rotatable bonds is 5. The van der Waals surface area contributed by atoms with E-state index in [1.54, 1.807) is 0 Å². The van der Waals surface area contributed by atoms with Gasteiger partial charge in [0, 0.05) is 48.8 Å². The Kier molecular flexibility index (Phi) is 6.14. The van der Waals surface area contributed by atoms with Gasteiger partial charge in [0.15, 0.2) is 0 Å². The standard InChI is InChI=1S/C25H33N5O/c31-24(30-18-6-4-10-20(30)14-13-19-9-3-5-15-26-19)23-21-11-1-2-12-22(21)27-25(28-23)29-16-7-8-17-29/h3,5,9,15,20H,1-2,4,6-8,10-14,16-18H2/t20-/m1/s1. The molecule has 2 aromatic rings. The summed E-state index contributed by atoms with van der Waals surface area (Å²) in [5.74, 6) is 0.912. The third-order valence-corrected chi connectivity index (χ3v) is 7.11. The molecule has 6 nitrogen and oxygen atoms in total. The average molecular weight is 420 g/mol. The molecule has 164 valence electrons. The molecule has 2 aromatic heterocycles. The number of piperidine rings is 1. The third kappa shape index (κ3) is 4.43. The summed E-state index contributed by atoms with van der Waals surface area (Å²) in [6, 6.07) is 6.35. The molecule has 0 aromatic carbocycles. The van der Waals surface area contributed by atoms with Gasteiger partial charge in [0.2, 0.25) is 5.95 Å². The zero-order chi connectivity index (χ0) is 21.0. The largest absolute Gasteiger partial charge is 0.341 e. The van der Waals surface area contributed by atoms with Gasteiger partial charge in [0.25, 0.3) is 5.91 Å². The minimum absolute atomic E-state index is 0.131. The van der Waals surface area contributed by atoms with Gasteiger partial charge in [-0.2, -0.15) is 0 Å². The van der Waals surface area contributed by atoms with E-state index < -0.39 is 0 Å². The molecule has 0 unspecified atom stereocenters. The molecule has 2 saturated heterocycles. The minimum Gasteiger partial charge on any atom is -0.341 e. The summed E-state index contributed by atoms with van der Waals surface area (Å²) in [5.41, 5.74) is 4.04. The zero-order valence-electron chi connectivity index (χ0n) is 18.4. The molecular formula is C25H33N5O. The maximum absolute atomic E-state index is 13.9. The summed E-state index contributed by atoms with van der Waals surface area (Å²) in [6.45, 7) is 2.84. The van der Waals surface area contributed by atoms with Gasteiger partial charge in [-0.3, -0.25) is 9.78 Å². The molecule has 5 rings (SSSR count).